The van der Waals surface area contributed by atoms with Crippen molar-refractivity contribution in [1.82, 2.24) is 19.9 Å². The summed E-state index contributed by atoms with van der Waals surface area (Å²) in [5, 5.41) is 4.55. The van der Waals surface area contributed by atoms with E-state index in [1.54, 1.807) is 0 Å². The molecule has 5 heteroatoms. The third-order valence-electron chi connectivity index (χ3n) is 11.2. The number of pyridine rings is 4. The molecule has 0 bridgehead atoms. The minimum absolute atomic E-state index is 0.0427. The third kappa shape index (κ3) is 4.00. The number of fused-ring (bicyclic) bond motifs is 15. The van der Waals surface area contributed by atoms with Crippen LogP contribution in [0.2, 0.25) is 0 Å². The van der Waals surface area contributed by atoms with E-state index >= 15 is 0 Å². The Morgan fingerprint density at radius 2 is 1.27 bits per heavy atom. The molecule has 3 aliphatic rings. The zero-order chi connectivity index (χ0) is 33.8. The molecule has 0 spiro atoms. The van der Waals surface area contributed by atoms with E-state index in [1.165, 1.54) is 44.2 Å². The molecule has 0 fully saturated rings. The number of hydrogen-bond acceptors (Lipinski definition) is 5. The molecule has 2 aliphatic carbocycles. The topological polar surface area (TPSA) is 63.9 Å². The molecule has 4 aromatic carbocycles. The molecule has 8 aromatic rings. The van der Waals surface area contributed by atoms with Crippen molar-refractivity contribution in [2.45, 2.75) is 31.2 Å². The zero-order valence-corrected chi connectivity index (χ0v) is 28.2. The molecule has 0 amide bonds. The Morgan fingerprint density at radius 3 is 2.16 bits per heavy atom. The van der Waals surface area contributed by atoms with Gasteiger partial charge in [0.05, 0.1) is 39.5 Å². The van der Waals surface area contributed by atoms with E-state index in [-0.39, 0.29) is 17.4 Å². The van der Waals surface area contributed by atoms with Crippen molar-refractivity contribution in [2.75, 3.05) is 0 Å². The molecule has 5 heterocycles. The molecule has 4 aromatic heterocycles. The lowest BCUT2D eigenvalue weighted by Gasteiger charge is -2.34. The van der Waals surface area contributed by atoms with E-state index in [0.29, 0.717) is 0 Å². The number of hydrogen-bond donors (Lipinski definition) is 0. The van der Waals surface area contributed by atoms with Crippen LogP contribution in [0.25, 0.3) is 71.8 Å². The standard InChI is InChI=1S/C46H31N5/c1-46(2)37-17-8-7-15-31(37)36-24-35-30-14-6-5-13-29(30)34-23-26(25-48-42(34)44(35)51-45(36)46)38-18-9-19-39(49-38)40-21-20-33-28-12-4-3-11-27(28)32-16-10-22-47-41(32)43(33)50-40/h3-25,34,42H,1-2H3/t34?,42-/m0/s1. The van der Waals surface area contributed by atoms with Crippen LogP contribution in [0.5, 0.6) is 0 Å². The van der Waals surface area contributed by atoms with E-state index in [1.807, 2.05) is 24.5 Å². The summed E-state index contributed by atoms with van der Waals surface area (Å²) in [6.45, 7) is 4.58. The highest BCUT2D eigenvalue weighted by molar-refractivity contribution is 6.23. The van der Waals surface area contributed by atoms with Crippen LogP contribution < -0.4 is 0 Å². The highest BCUT2D eigenvalue weighted by Gasteiger charge is 2.41. The van der Waals surface area contributed by atoms with Gasteiger partial charge in [-0.3, -0.25) is 15.0 Å². The van der Waals surface area contributed by atoms with Gasteiger partial charge in [-0.25, -0.2) is 9.97 Å². The Kier molecular flexibility index (Phi) is 5.78. The van der Waals surface area contributed by atoms with E-state index in [2.05, 4.69) is 129 Å². The van der Waals surface area contributed by atoms with Crippen LogP contribution >= 0.6 is 0 Å². The first-order valence-electron chi connectivity index (χ1n) is 17.6. The molecular formula is C46H31N5. The summed E-state index contributed by atoms with van der Waals surface area (Å²) in [6.07, 6.45) is 6.19. The van der Waals surface area contributed by atoms with Gasteiger partial charge in [0, 0.05) is 51.2 Å². The fourth-order valence-electron chi connectivity index (χ4n) is 8.81. The maximum atomic E-state index is 5.49. The molecule has 0 radical (unpaired) electrons. The maximum absolute atomic E-state index is 5.49. The van der Waals surface area contributed by atoms with Crippen molar-refractivity contribution in [3.63, 3.8) is 0 Å². The largest absolute Gasteiger partial charge is 0.282 e. The van der Waals surface area contributed by atoms with Crippen molar-refractivity contribution in [2.24, 2.45) is 4.99 Å². The molecule has 1 unspecified atom stereocenters. The second kappa shape index (κ2) is 10.3. The van der Waals surface area contributed by atoms with Crippen LogP contribution in [0.4, 0.5) is 0 Å². The van der Waals surface area contributed by atoms with Gasteiger partial charge in [0.1, 0.15) is 6.04 Å². The van der Waals surface area contributed by atoms with Crippen LogP contribution in [0.3, 0.4) is 0 Å². The van der Waals surface area contributed by atoms with Crippen molar-refractivity contribution < 1.29 is 0 Å². The number of dihydropyridines is 1. The molecule has 2 atom stereocenters. The van der Waals surface area contributed by atoms with Crippen LogP contribution in [-0.2, 0) is 5.41 Å². The van der Waals surface area contributed by atoms with Crippen LogP contribution in [-0.4, -0.2) is 26.2 Å². The van der Waals surface area contributed by atoms with Gasteiger partial charge in [-0.2, -0.15) is 0 Å². The second-order valence-corrected chi connectivity index (χ2v) is 14.4. The Balaban J connectivity index is 1.02. The zero-order valence-electron chi connectivity index (χ0n) is 28.2. The van der Waals surface area contributed by atoms with E-state index in [9.17, 15) is 0 Å². The minimum atomic E-state index is -0.177. The number of nitrogens with zero attached hydrogens (tertiary/aromatic N) is 5. The normalized spacial score (nSPS) is 17.8. The first-order valence-corrected chi connectivity index (χ1v) is 17.6. The molecule has 11 rings (SSSR count). The number of rotatable bonds is 2. The smallest absolute Gasteiger partial charge is 0.103 e. The summed E-state index contributed by atoms with van der Waals surface area (Å²) < 4.78 is 0. The van der Waals surface area contributed by atoms with Crippen LogP contribution in [0.15, 0.2) is 139 Å². The lowest BCUT2D eigenvalue weighted by atomic mass is 9.75. The second-order valence-electron chi connectivity index (χ2n) is 14.4. The molecule has 5 nitrogen and oxygen atoms in total. The van der Waals surface area contributed by atoms with Crippen LogP contribution in [0, 0.1) is 0 Å². The molecule has 1 aliphatic heterocycles. The average Bonchev–Trinajstić information content (AvgIpc) is 3.42. The van der Waals surface area contributed by atoms with Crippen molar-refractivity contribution in [3.8, 4) is 33.6 Å². The Morgan fingerprint density at radius 1 is 0.549 bits per heavy atom. The van der Waals surface area contributed by atoms with Gasteiger partial charge in [0.15, 0.2) is 0 Å². The van der Waals surface area contributed by atoms with Gasteiger partial charge < -0.3 is 0 Å². The monoisotopic (exact) mass is 653 g/mol. The van der Waals surface area contributed by atoms with Gasteiger partial charge in [-0.15, -0.1) is 0 Å². The predicted molar refractivity (Wildman–Crippen MR) is 207 cm³/mol. The van der Waals surface area contributed by atoms with Gasteiger partial charge in [0.2, 0.25) is 0 Å². The molecular weight excluding hydrogens is 623 g/mol. The lowest BCUT2D eigenvalue weighted by Crippen LogP contribution is -2.23. The SMILES string of the molecule is CC1(C)c2ccccc2-c2cc3c(nc21)[C@H]1N=CC(c2cccc(-c4ccc5c6ccccc6c6cccnc6c5n4)n2)=CC1c1ccccc1-3. The van der Waals surface area contributed by atoms with Gasteiger partial charge in [-0.1, -0.05) is 105 Å². The summed E-state index contributed by atoms with van der Waals surface area (Å²) in [5.41, 5.74) is 14.9. The van der Waals surface area contributed by atoms with Gasteiger partial charge >= 0.3 is 0 Å². The minimum Gasteiger partial charge on any atom is -0.282 e. The number of benzene rings is 4. The number of aliphatic imine (C=N–C) groups is 1. The Labute approximate surface area is 295 Å². The highest BCUT2D eigenvalue weighted by Crippen LogP contribution is 2.54. The van der Waals surface area contributed by atoms with E-state index in [0.717, 1.165) is 55.8 Å². The Hall–Kier alpha value is -6.33. The number of allylic oxidation sites excluding steroid dienone is 1. The predicted octanol–water partition coefficient (Wildman–Crippen LogP) is 10.7. The van der Waals surface area contributed by atoms with Crippen LogP contribution in [0.1, 0.15) is 54.0 Å². The molecule has 51 heavy (non-hydrogen) atoms. The average molecular weight is 654 g/mol. The summed E-state index contributed by atoms with van der Waals surface area (Å²) in [4.78, 5) is 25.9. The fraction of sp³-hybridized carbons (Fsp3) is 0.109. The van der Waals surface area contributed by atoms with E-state index < -0.39 is 0 Å². The quantitative estimate of drug-likeness (QED) is 0.174. The summed E-state index contributed by atoms with van der Waals surface area (Å²) in [5.74, 6) is 0.0427. The summed E-state index contributed by atoms with van der Waals surface area (Å²) in [7, 11) is 0. The maximum Gasteiger partial charge on any atom is 0.103 e. The van der Waals surface area contributed by atoms with Crippen molar-refractivity contribution in [3.05, 3.63) is 162 Å². The first-order chi connectivity index (χ1) is 25.0. The van der Waals surface area contributed by atoms with E-state index in [4.69, 9.17) is 24.9 Å². The van der Waals surface area contributed by atoms with Crippen molar-refractivity contribution >= 4 is 44.4 Å². The molecule has 0 saturated carbocycles. The van der Waals surface area contributed by atoms with Crippen molar-refractivity contribution in [1.29, 1.82) is 0 Å². The number of aromatic nitrogens is 4. The van der Waals surface area contributed by atoms with Gasteiger partial charge in [-0.05, 0) is 69.4 Å². The first kappa shape index (κ1) is 28.5. The van der Waals surface area contributed by atoms with Gasteiger partial charge in [0.25, 0.3) is 0 Å². The molecule has 0 saturated heterocycles. The summed E-state index contributed by atoms with van der Waals surface area (Å²) in [6, 6.07) is 42.8. The highest BCUT2D eigenvalue weighted by atomic mass is 14.9. The summed E-state index contributed by atoms with van der Waals surface area (Å²) >= 11 is 0. The Bertz CT molecular complexity index is 2830. The molecule has 0 N–H and O–H groups in total. The third-order valence-corrected chi connectivity index (χ3v) is 11.2. The molecule has 240 valence electrons. The fourth-order valence-corrected chi connectivity index (χ4v) is 8.81. The lowest BCUT2D eigenvalue weighted by molar-refractivity contribution is 0.592.